The summed E-state index contributed by atoms with van der Waals surface area (Å²) in [5.74, 6) is -2.20. The summed E-state index contributed by atoms with van der Waals surface area (Å²) in [4.78, 5) is 23.5. The van der Waals surface area contributed by atoms with Gasteiger partial charge in [-0.25, -0.2) is 9.18 Å². The Morgan fingerprint density at radius 2 is 1.71 bits per heavy atom. The molecule has 0 radical (unpaired) electrons. The maximum atomic E-state index is 13.7. The molecular weight excluding hydrogens is 309 g/mol. The molecule has 0 aliphatic carbocycles. The molecule has 2 unspecified atom stereocenters. The minimum absolute atomic E-state index is 0.0273. The molecule has 2 aromatic rings. The van der Waals surface area contributed by atoms with Crippen LogP contribution in [0, 0.1) is 5.82 Å². The van der Waals surface area contributed by atoms with Gasteiger partial charge in [-0.15, -0.1) is 0 Å². The third-order valence-corrected chi connectivity index (χ3v) is 3.84. The zero-order chi connectivity index (χ0) is 17.5. The molecule has 24 heavy (non-hydrogen) atoms. The Kier molecular flexibility index (Phi) is 6.07. The van der Waals surface area contributed by atoms with E-state index in [1.807, 2.05) is 30.3 Å². The van der Waals surface area contributed by atoms with Gasteiger partial charge < -0.3 is 10.4 Å². The highest BCUT2D eigenvalue weighted by molar-refractivity contribution is 5.84. The molecular formula is C19H20FNO3. The summed E-state index contributed by atoms with van der Waals surface area (Å²) >= 11 is 0. The van der Waals surface area contributed by atoms with E-state index in [0.717, 1.165) is 5.56 Å². The SMILES string of the molecule is CC(CC(=O)NC(Cc1ccccc1)C(=O)O)c1ccccc1F. The smallest absolute Gasteiger partial charge is 0.326 e. The molecule has 5 heteroatoms. The maximum Gasteiger partial charge on any atom is 0.326 e. The van der Waals surface area contributed by atoms with E-state index in [1.54, 1.807) is 25.1 Å². The minimum atomic E-state index is -1.09. The van der Waals surface area contributed by atoms with E-state index in [9.17, 15) is 19.1 Å². The van der Waals surface area contributed by atoms with Gasteiger partial charge in [0, 0.05) is 12.8 Å². The number of benzene rings is 2. The standard InChI is InChI=1S/C19H20FNO3/c1-13(15-9-5-6-10-16(15)20)11-18(22)21-17(19(23)24)12-14-7-3-2-4-8-14/h2-10,13,17H,11-12H2,1H3,(H,21,22)(H,23,24). The average molecular weight is 329 g/mol. The lowest BCUT2D eigenvalue weighted by molar-refractivity contribution is -0.141. The van der Waals surface area contributed by atoms with E-state index >= 15 is 0 Å². The fourth-order valence-corrected chi connectivity index (χ4v) is 2.57. The number of carboxylic acids is 1. The van der Waals surface area contributed by atoms with E-state index in [-0.39, 0.29) is 24.6 Å². The Morgan fingerprint density at radius 1 is 1.08 bits per heavy atom. The highest BCUT2D eigenvalue weighted by Crippen LogP contribution is 2.21. The molecule has 4 nitrogen and oxygen atoms in total. The van der Waals surface area contributed by atoms with Crippen LogP contribution in [-0.2, 0) is 16.0 Å². The third-order valence-electron chi connectivity index (χ3n) is 3.84. The second-order valence-electron chi connectivity index (χ2n) is 5.77. The van der Waals surface area contributed by atoms with Crippen molar-refractivity contribution in [3.63, 3.8) is 0 Å². The zero-order valence-corrected chi connectivity index (χ0v) is 13.4. The molecule has 0 spiro atoms. The van der Waals surface area contributed by atoms with Gasteiger partial charge in [-0.3, -0.25) is 4.79 Å². The summed E-state index contributed by atoms with van der Waals surface area (Å²) in [6.07, 6.45) is 0.232. The van der Waals surface area contributed by atoms with Crippen molar-refractivity contribution < 1.29 is 19.1 Å². The Balaban J connectivity index is 1.98. The number of aliphatic carboxylic acids is 1. The Bertz CT molecular complexity index is 703. The molecule has 2 aromatic carbocycles. The summed E-state index contributed by atoms with van der Waals surface area (Å²) in [5, 5.41) is 11.8. The van der Waals surface area contributed by atoms with Crippen molar-refractivity contribution in [2.24, 2.45) is 0 Å². The number of halogens is 1. The molecule has 2 rings (SSSR count). The zero-order valence-electron chi connectivity index (χ0n) is 13.4. The van der Waals surface area contributed by atoms with Crippen molar-refractivity contribution in [2.45, 2.75) is 31.7 Å². The normalized spacial score (nSPS) is 13.1. The molecule has 0 fully saturated rings. The molecule has 2 N–H and O–H groups in total. The lowest BCUT2D eigenvalue weighted by Gasteiger charge is -2.17. The highest BCUT2D eigenvalue weighted by atomic mass is 19.1. The van der Waals surface area contributed by atoms with Crippen molar-refractivity contribution in [3.05, 3.63) is 71.5 Å². The van der Waals surface area contributed by atoms with Crippen LogP contribution in [0.2, 0.25) is 0 Å². The van der Waals surface area contributed by atoms with Crippen LogP contribution >= 0.6 is 0 Å². The molecule has 1 amide bonds. The predicted octanol–water partition coefficient (Wildman–Crippen LogP) is 3.13. The molecule has 126 valence electrons. The first kappa shape index (κ1) is 17.7. The van der Waals surface area contributed by atoms with E-state index < -0.39 is 17.9 Å². The highest BCUT2D eigenvalue weighted by Gasteiger charge is 2.22. The average Bonchev–Trinajstić information content (AvgIpc) is 2.55. The molecule has 0 aromatic heterocycles. The second-order valence-corrected chi connectivity index (χ2v) is 5.77. The molecule has 2 atom stereocenters. The number of hydrogen-bond acceptors (Lipinski definition) is 2. The molecule has 0 heterocycles. The first-order chi connectivity index (χ1) is 11.5. The van der Waals surface area contributed by atoms with Crippen molar-refractivity contribution in [1.82, 2.24) is 5.32 Å². The van der Waals surface area contributed by atoms with E-state index in [4.69, 9.17) is 0 Å². The van der Waals surface area contributed by atoms with Gasteiger partial charge in [-0.2, -0.15) is 0 Å². The molecule has 0 bridgehead atoms. The number of carbonyl (C=O) groups excluding carboxylic acids is 1. The van der Waals surface area contributed by atoms with Crippen molar-refractivity contribution in [2.75, 3.05) is 0 Å². The first-order valence-corrected chi connectivity index (χ1v) is 7.78. The van der Waals surface area contributed by atoms with Gasteiger partial charge in [-0.05, 0) is 23.1 Å². The molecule has 0 saturated carbocycles. The number of amides is 1. The first-order valence-electron chi connectivity index (χ1n) is 7.78. The lowest BCUT2D eigenvalue weighted by atomic mass is 9.96. The minimum Gasteiger partial charge on any atom is -0.480 e. The summed E-state index contributed by atoms with van der Waals surface area (Å²) in [7, 11) is 0. The monoisotopic (exact) mass is 329 g/mol. The van der Waals surface area contributed by atoms with Gasteiger partial charge >= 0.3 is 5.97 Å². The van der Waals surface area contributed by atoms with Gasteiger partial charge in [-0.1, -0.05) is 55.5 Å². The number of rotatable bonds is 7. The van der Waals surface area contributed by atoms with Crippen LogP contribution in [0.1, 0.15) is 30.4 Å². The topological polar surface area (TPSA) is 66.4 Å². The lowest BCUT2D eigenvalue weighted by Crippen LogP contribution is -2.42. The van der Waals surface area contributed by atoms with E-state index in [0.29, 0.717) is 5.56 Å². The van der Waals surface area contributed by atoms with Crippen molar-refractivity contribution in [1.29, 1.82) is 0 Å². The third kappa shape index (κ3) is 4.91. The van der Waals surface area contributed by atoms with Crippen LogP contribution < -0.4 is 5.32 Å². The van der Waals surface area contributed by atoms with Gasteiger partial charge in [0.15, 0.2) is 0 Å². The summed E-state index contributed by atoms with van der Waals surface area (Å²) in [6, 6.07) is 14.4. The maximum absolute atomic E-state index is 13.7. The Hall–Kier alpha value is -2.69. The second kappa shape index (κ2) is 8.24. The van der Waals surface area contributed by atoms with Gasteiger partial charge in [0.05, 0.1) is 0 Å². The number of nitrogens with one attached hydrogen (secondary N) is 1. The largest absolute Gasteiger partial charge is 0.480 e. The van der Waals surface area contributed by atoms with E-state index in [2.05, 4.69) is 5.32 Å². The predicted molar refractivity (Wildman–Crippen MR) is 89.1 cm³/mol. The van der Waals surface area contributed by atoms with Gasteiger partial charge in [0.2, 0.25) is 5.91 Å². The van der Waals surface area contributed by atoms with E-state index in [1.165, 1.54) is 6.07 Å². The van der Waals surface area contributed by atoms with Crippen LogP contribution in [0.3, 0.4) is 0 Å². The fourth-order valence-electron chi connectivity index (χ4n) is 2.57. The summed E-state index contributed by atoms with van der Waals surface area (Å²) in [5.41, 5.74) is 1.27. The van der Waals surface area contributed by atoms with Crippen LogP contribution in [-0.4, -0.2) is 23.0 Å². The van der Waals surface area contributed by atoms with Crippen molar-refractivity contribution >= 4 is 11.9 Å². The van der Waals surface area contributed by atoms with Crippen LogP contribution in [0.25, 0.3) is 0 Å². The summed E-state index contributed by atoms with van der Waals surface area (Å²) in [6.45, 7) is 1.74. The van der Waals surface area contributed by atoms with Gasteiger partial charge in [0.25, 0.3) is 0 Å². The van der Waals surface area contributed by atoms with Crippen molar-refractivity contribution in [3.8, 4) is 0 Å². The molecule has 0 saturated heterocycles. The van der Waals surface area contributed by atoms with Gasteiger partial charge in [0.1, 0.15) is 11.9 Å². The quantitative estimate of drug-likeness (QED) is 0.820. The van der Waals surface area contributed by atoms with Crippen LogP contribution in [0.4, 0.5) is 4.39 Å². The fraction of sp³-hybridized carbons (Fsp3) is 0.263. The van der Waals surface area contributed by atoms with Crippen LogP contribution in [0.5, 0.6) is 0 Å². The Morgan fingerprint density at radius 3 is 2.33 bits per heavy atom. The summed E-state index contributed by atoms with van der Waals surface area (Å²) < 4.78 is 13.7. The Labute approximate surface area is 140 Å². The molecule has 0 aliphatic rings. The number of hydrogen-bond donors (Lipinski definition) is 2. The van der Waals surface area contributed by atoms with Crippen LogP contribution in [0.15, 0.2) is 54.6 Å². The molecule has 0 aliphatic heterocycles. The number of carboxylic acid groups (broad SMARTS) is 1. The number of carbonyl (C=O) groups is 2.